The van der Waals surface area contributed by atoms with Gasteiger partial charge in [-0.25, -0.2) is 0 Å². The summed E-state index contributed by atoms with van der Waals surface area (Å²) in [7, 11) is 0. The fourth-order valence-electron chi connectivity index (χ4n) is 1.50. The van der Waals surface area contributed by atoms with E-state index >= 15 is 0 Å². The lowest BCUT2D eigenvalue weighted by molar-refractivity contribution is -0.00857. The standard InChI is InChI=1S/C12H21NOS/c1-4-14-12(2,3)10-13-7-5-11-6-8-15-9-11/h6,8-9,13H,4-5,7,10H2,1-3H3. The van der Waals surface area contributed by atoms with Crippen LogP contribution in [0.5, 0.6) is 0 Å². The average molecular weight is 227 g/mol. The van der Waals surface area contributed by atoms with Crippen LogP contribution in [0, 0.1) is 0 Å². The summed E-state index contributed by atoms with van der Waals surface area (Å²) in [5.41, 5.74) is 1.37. The molecule has 0 aromatic carbocycles. The van der Waals surface area contributed by atoms with Crippen LogP contribution in [0.4, 0.5) is 0 Å². The third kappa shape index (κ3) is 5.30. The fourth-order valence-corrected chi connectivity index (χ4v) is 2.20. The summed E-state index contributed by atoms with van der Waals surface area (Å²) in [6, 6.07) is 2.18. The zero-order valence-electron chi connectivity index (χ0n) is 9.88. The van der Waals surface area contributed by atoms with Crippen molar-refractivity contribution in [2.75, 3.05) is 19.7 Å². The topological polar surface area (TPSA) is 21.3 Å². The summed E-state index contributed by atoms with van der Waals surface area (Å²) in [5, 5.41) is 7.76. The monoisotopic (exact) mass is 227 g/mol. The van der Waals surface area contributed by atoms with Crippen molar-refractivity contribution in [1.29, 1.82) is 0 Å². The molecule has 0 bridgehead atoms. The smallest absolute Gasteiger partial charge is 0.0750 e. The van der Waals surface area contributed by atoms with Gasteiger partial charge in [0.2, 0.25) is 0 Å². The van der Waals surface area contributed by atoms with Crippen molar-refractivity contribution in [1.82, 2.24) is 5.32 Å². The molecule has 1 N–H and O–H groups in total. The van der Waals surface area contributed by atoms with Crippen LogP contribution in [-0.2, 0) is 11.2 Å². The molecule has 0 unspecified atom stereocenters. The first-order chi connectivity index (χ1) is 7.14. The summed E-state index contributed by atoms with van der Waals surface area (Å²) in [6.45, 7) is 8.98. The van der Waals surface area contributed by atoms with E-state index in [4.69, 9.17) is 4.74 Å². The maximum absolute atomic E-state index is 5.61. The molecule has 1 heterocycles. The number of hydrogen-bond acceptors (Lipinski definition) is 3. The third-order valence-electron chi connectivity index (χ3n) is 2.26. The van der Waals surface area contributed by atoms with Gasteiger partial charge in [0, 0.05) is 13.2 Å². The minimum Gasteiger partial charge on any atom is -0.375 e. The van der Waals surface area contributed by atoms with Gasteiger partial charge in [0.15, 0.2) is 0 Å². The van der Waals surface area contributed by atoms with Crippen LogP contribution in [0.25, 0.3) is 0 Å². The van der Waals surface area contributed by atoms with Gasteiger partial charge in [-0.15, -0.1) is 0 Å². The SMILES string of the molecule is CCOC(C)(C)CNCCc1ccsc1. The lowest BCUT2D eigenvalue weighted by atomic mass is 10.1. The van der Waals surface area contributed by atoms with Crippen LogP contribution in [0.1, 0.15) is 26.3 Å². The molecule has 86 valence electrons. The maximum atomic E-state index is 5.61. The lowest BCUT2D eigenvalue weighted by Gasteiger charge is -2.24. The van der Waals surface area contributed by atoms with E-state index in [9.17, 15) is 0 Å². The first-order valence-electron chi connectivity index (χ1n) is 5.50. The van der Waals surface area contributed by atoms with E-state index in [1.54, 1.807) is 11.3 Å². The zero-order chi connectivity index (χ0) is 11.1. The van der Waals surface area contributed by atoms with Gasteiger partial charge in [-0.2, -0.15) is 11.3 Å². The molecule has 0 aliphatic heterocycles. The number of hydrogen-bond donors (Lipinski definition) is 1. The van der Waals surface area contributed by atoms with E-state index in [2.05, 4.69) is 36.0 Å². The fraction of sp³-hybridized carbons (Fsp3) is 0.667. The second-order valence-corrected chi connectivity index (χ2v) is 5.03. The Morgan fingerprint density at radius 3 is 2.87 bits per heavy atom. The van der Waals surface area contributed by atoms with Gasteiger partial charge < -0.3 is 10.1 Å². The number of rotatable bonds is 7. The van der Waals surface area contributed by atoms with Gasteiger partial charge in [0.1, 0.15) is 0 Å². The second kappa shape index (κ2) is 6.26. The van der Waals surface area contributed by atoms with Crippen molar-refractivity contribution in [3.8, 4) is 0 Å². The molecular weight excluding hydrogens is 206 g/mol. The Balaban J connectivity index is 2.11. The largest absolute Gasteiger partial charge is 0.375 e. The normalized spacial score (nSPS) is 11.9. The first kappa shape index (κ1) is 12.7. The third-order valence-corrected chi connectivity index (χ3v) is 2.99. The van der Waals surface area contributed by atoms with E-state index in [0.29, 0.717) is 0 Å². The number of thiophene rings is 1. The van der Waals surface area contributed by atoms with E-state index < -0.39 is 0 Å². The average Bonchev–Trinajstić information content (AvgIpc) is 2.65. The molecule has 1 rings (SSSR count). The van der Waals surface area contributed by atoms with Gasteiger partial charge in [-0.3, -0.25) is 0 Å². The molecule has 0 aliphatic rings. The van der Waals surface area contributed by atoms with Crippen LogP contribution >= 0.6 is 11.3 Å². The molecule has 3 heteroatoms. The van der Waals surface area contributed by atoms with Gasteiger partial charge in [0.25, 0.3) is 0 Å². The molecule has 2 nitrogen and oxygen atoms in total. The molecule has 0 aliphatic carbocycles. The predicted octanol–water partition coefficient (Wildman–Crippen LogP) is 2.70. The highest BCUT2D eigenvalue weighted by Gasteiger charge is 2.16. The highest BCUT2D eigenvalue weighted by Crippen LogP contribution is 2.08. The molecule has 0 saturated carbocycles. The van der Waals surface area contributed by atoms with E-state index in [1.165, 1.54) is 5.56 Å². The lowest BCUT2D eigenvalue weighted by Crippen LogP contribution is -2.38. The highest BCUT2D eigenvalue weighted by molar-refractivity contribution is 7.07. The summed E-state index contributed by atoms with van der Waals surface area (Å²) in [6.07, 6.45) is 1.10. The van der Waals surface area contributed by atoms with Crippen molar-refractivity contribution in [3.05, 3.63) is 22.4 Å². The minimum absolute atomic E-state index is 0.0522. The minimum atomic E-state index is -0.0522. The van der Waals surface area contributed by atoms with E-state index in [1.807, 2.05) is 6.92 Å². The van der Waals surface area contributed by atoms with Crippen molar-refractivity contribution in [2.24, 2.45) is 0 Å². The summed E-state index contributed by atoms with van der Waals surface area (Å²) in [5.74, 6) is 0. The molecule has 0 fully saturated rings. The summed E-state index contributed by atoms with van der Waals surface area (Å²) < 4.78 is 5.61. The molecule has 0 atom stereocenters. The highest BCUT2D eigenvalue weighted by atomic mass is 32.1. The van der Waals surface area contributed by atoms with Crippen LogP contribution in [0.15, 0.2) is 16.8 Å². The van der Waals surface area contributed by atoms with Gasteiger partial charge in [-0.05, 0) is 56.1 Å². The first-order valence-corrected chi connectivity index (χ1v) is 6.44. The van der Waals surface area contributed by atoms with Crippen LogP contribution in [0.2, 0.25) is 0 Å². The Morgan fingerprint density at radius 1 is 1.47 bits per heavy atom. The number of ether oxygens (including phenoxy) is 1. The predicted molar refractivity (Wildman–Crippen MR) is 66.6 cm³/mol. The van der Waals surface area contributed by atoms with Crippen LogP contribution in [0.3, 0.4) is 0 Å². The Hall–Kier alpha value is -0.380. The number of nitrogens with one attached hydrogen (secondary N) is 1. The van der Waals surface area contributed by atoms with Crippen molar-refractivity contribution < 1.29 is 4.74 Å². The molecule has 0 amide bonds. The van der Waals surface area contributed by atoms with Crippen molar-refractivity contribution in [3.63, 3.8) is 0 Å². The molecule has 0 saturated heterocycles. The molecule has 0 radical (unpaired) electrons. The Kier molecular flexibility index (Phi) is 5.29. The second-order valence-electron chi connectivity index (χ2n) is 4.25. The van der Waals surface area contributed by atoms with E-state index in [0.717, 1.165) is 26.1 Å². The molecule has 15 heavy (non-hydrogen) atoms. The Labute approximate surface area is 96.7 Å². The van der Waals surface area contributed by atoms with Gasteiger partial charge in [-0.1, -0.05) is 0 Å². The van der Waals surface area contributed by atoms with Crippen LogP contribution < -0.4 is 5.32 Å². The Morgan fingerprint density at radius 2 is 2.27 bits per heavy atom. The van der Waals surface area contributed by atoms with Crippen molar-refractivity contribution >= 4 is 11.3 Å². The maximum Gasteiger partial charge on any atom is 0.0750 e. The van der Waals surface area contributed by atoms with Gasteiger partial charge >= 0.3 is 0 Å². The summed E-state index contributed by atoms with van der Waals surface area (Å²) in [4.78, 5) is 0. The molecule has 1 aromatic heterocycles. The molecular formula is C12H21NOS. The van der Waals surface area contributed by atoms with Crippen LogP contribution in [-0.4, -0.2) is 25.3 Å². The van der Waals surface area contributed by atoms with Crippen molar-refractivity contribution in [2.45, 2.75) is 32.8 Å². The zero-order valence-corrected chi connectivity index (χ0v) is 10.7. The quantitative estimate of drug-likeness (QED) is 0.723. The Bertz CT molecular complexity index is 257. The van der Waals surface area contributed by atoms with Gasteiger partial charge in [0.05, 0.1) is 5.60 Å². The van der Waals surface area contributed by atoms with E-state index in [-0.39, 0.29) is 5.60 Å². The summed E-state index contributed by atoms with van der Waals surface area (Å²) >= 11 is 1.76. The molecule has 0 spiro atoms. The molecule has 1 aromatic rings.